The predicted molar refractivity (Wildman–Crippen MR) is 77.4 cm³/mol. The maximum absolute atomic E-state index is 11.7. The molecule has 0 saturated carbocycles. The quantitative estimate of drug-likeness (QED) is 0.577. The molecule has 2 amide bonds. The molecule has 1 aromatic heterocycles. The molecule has 4 N–H and O–H groups in total. The van der Waals surface area contributed by atoms with Gasteiger partial charge in [0.15, 0.2) is 0 Å². The van der Waals surface area contributed by atoms with E-state index in [0.29, 0.717) is 6.42 Å². The molecular formula is C13H18N2O5S. The van der Waals surface area contributed by atoms with Crippen LogP contribution in [0.2, 0.25) is 0 Å². The van der Waals surface area contributed by atoms with Crippen molar-refractivity contribution < 1.29 is 24.6 Å². The van der Waals surface area contributed by atoms with E-state index < -0.39 is 24.0 Å². The third-order valence-corrected chi connectivity index (χ3v) is 3.61. The van der Waals surface area contributed by atoms with Gasteiger partial charge in [-0.2, -0.15) is 0 Å². The van der Waals surface area contributed by atoms with Crippen molar-refractivity contribution in [1.29, 1.82) is 0 Å². The van der Waals surface area contributed by atoms with Crippen LogP contribution in [0.25, 0.3) is 0 Å². The highest BCUT2D eigenvalue weighted by atomic mass is 32.1. The van der Waals surface area contributed by atoms with E-state index in [9.17, 15) is 14.4 Å². The smallest absolute Gasteiger partial charge is 0.326 e. The lowest BCUT2D eigenvalue weighted by Gasteiger charge is -2.17. The SMILES string of the molecule is CC(Cc1cccs1)NC(=O)N[C@@H](CCC(=O)O)C(=O)O. The van der Waals surface area contributed by atoms with Gasteiger partial charge in [-0.3, -0.25) is 4.79 Å². The number of nitrogens with one attached hydrogen (secondary N) is 2. The van der Waals surface area contributed by atoms with Gasteiger partial charge in [0, 0.05) is 23.8 Å². The zero-order valence-corrected chi connectivity index (χ0v) is 12.4. The third kappa shape index (κ3) is 6.75. The number of carboxylic acid groups (broad SMARTS) is 2. The summed E-state index contributed by atoms with van der Waals surface area (Å²) in [5.41, 5.74) is 0. The first-order valence-electron chi connectivity index (χ1n) is 6.42. The van der Waals surface area contributed by atoms with Gasteiger partial charge in [-0.25, -0.2) is 9.59 Å². The number of hydrogen-bond acceptors (Lipinski definition) is 4. The third-order valence-electron chi connectivity index (χ3n) is 2.72. The van der Waals surface area contributed by atoms with Crippen LogP contribution in [0.5, 0.6) is 0 Å². The fourth-order valence-corrected chi connectivity index (χ4v) is 2.57. The van der Waals surface area contributed by atoms with E-state index in [1.54, 1.807) is 11.3 Å². The number of carboxylic acids is 2. The molecule has 0 aliphatic rings. The Morgan fingerprint density at radius 1 is 1.29 bits per heavy atom. The Labute approximate surface area is 126 Å². The molecule has 2 atom stereocenters. The van der Waals surface area contributed by atoms with Crippen LogP contribution < -0.4 is 10.6 Å². The fourth-order valence-electron chi connectivity index (χ4n) is 1.73. The van der Waals surface area contributed by atoms with Gasteiger partial charge in [0.25, 0.3) is 0 Å². The van der Waals surface area contributed by atoms with E-state index in [1.807, 2.05) is 24.4 Å². The molecule has 21 heavy (non-hydrogen) atoms. The van der Waals surface area contributed by atoms with E-state index in [1.165, 1.54) is 0 Å². The van der Waals surface area contributed by atoms with Crippen LogP contribution in [0, 0.1) is 0 Å². The van der Waals surface area contributed by atoms with Gasteiger partial charge in [-0.15, -0.1) is 11.3 Å². The molecule has 116 valence electrons. The molecule has 0 aliphatic carbocycles. The Kier molecular flexibility index (Phi) is 6.67. The summed E-state index contributed by atoms with van der Waals surface area (Å²) in [6.07, 6.45) is 0.178. The zero-order chi connectivity index (χ0) is 15.8. The summed E-state index contributed by atoms with van der Waals surface area (Å²) >= 11 is 1.58. The first-order valence-corrected chi connectivity index (χ1v) is 7.30. The second-order valence-electron chi connectivity index (χ2n) is 4.63. The lowest BCUT2D eigenvalue weighted by molar-refractivity contribution is -0.140. The molecule has 0 fully saturated rings. The zero-order valence-electron chi connectivity index (χ0n) is 11.5. The minimum absolute atomic E-state index is 0.155. The van der Waals surface area contributed by atoms with E-state index in [0.717, 1.165) is 4.88 Å². The maximum atomic E-state index is 11.7. The van der Waals surface area contributed by atoms with Gasteiger partial charge in [0.2, 0.25) is 0 Å². The van der Waals surface area contributed by atoms with E-state index in [2.05, 4.69) is 10.6 Å². The van der Waals surface area contributed by atoms with E-state index in [-0.39, 0.29) is 18.9 Å². The Morgan fingerprint density at radius 3 is 2.52 bits per heavy atom. The Bertz CT molecular complexity index is 489. The second-order valence-corrected chi connectivity index (χ2v) is 5.66. The number of rotatable bonds is 8. The summed E-state index contributed by atoms with van der Waals surface area (Å²) in [4.78, 5) is 34.2. The van der Waals surface area contributed by atoms with Gasteiger partial charge in [0.05, 0.1) is 0 Å². The topological polar surface area (TPSA) is 116 Å². The van der Waals surface area contributed by atoms with Gasteiger partial charge >= 0.3 is 18.0 Å². The van der Waals surface area contributed by atoms with Crippen molar-refractivity contribution >= 4 is 29.3 Å². The number of carbonyl (C=O) groups is 3. The van der Waals surface area contributed by atoms with Gasteiger partial charge in [-0.1, -0.05) is 6.07 Å². The van der Waals surface area contributed by atoms with Crippen LogP contribution in [0.1, 0.15) is 24.6 Å². The molecule has 8 heteroatoms. The van der Waals surface area contributed by atoms with Gasteiger partial charge in [-0.05, 0) is 24.8 Å². The second kappa shape index (κ2) is 8.25. The molecule has 1 rings (SSSR count). The summed E-state index contributed by atoms with van der Waals surface area (Å²) in [5.74, 6) is -2.35. The maximum Gasteiger partial charge on any atom is 0.326 e. The highest BCUT2D eigenvalue weighted by molar-refractivity contribution is 7.09. The molecule has 1 unspecified atom stereocenters. The van der Waals surface area contributed by atoms with Crippen LogP contribution >= 0.6 is 11.3 Å². The lowest BCUT2D eigenvalue weighted by Crippen LogP contribution is -2.48. The van der Waals surface area contributed by atoms with Crippen molar-refractivity contribution in [3.05, 3.63) is 22.4 Å². The first kappa shape index (κ1) is 17.0. The largest absolute Gasteiger partial charge is 0.481 e. The summed E-state index contributed by atoms with van der Waals surface area (Å²) in [5, 5.41) is 24.3. The summed E-state index contributed by atoms with van der Waals surface area (Å²) < 4.78 is 0. The molecule has 7 nitrogen and oxygen atoms in total. The van der Waals surface area contributed by atoms with Crippen LogP contribution in [0.15, 0.2) is 17.5 Å². The van der Waals surface area contributed by atoms with Crippen molar-refractivity contribution in [2.75, 3.05) is 0 Å². The summed E-state index contributed by atoms with van der Waals surface area (Å²) in [6.45, 7) is 1.81. The predicted octanol–water partition coefficient (Wildman–Crippen LogP) is 1.30. The number of urea groups is 1. The number of aliphatic carboxylic acids is 2. The normalized spacial score (nSPS) is 13.2. The van der Waals surface area contributed by atoms with Crippen LogP contribution in [0.3, 0.4) is 0 Å². The van der Waals surface area contributed by atoms with Gasteiger partial charge < -0.3 is 20.8 Å². The van der Waals surface area contributed by atoms with Crippen molar-refractivity contribution in [2.24, 2.45) is 0 Å². The Balaban J connectivity index is 2.42. The van der Waals surface area contributed by atoms with Crippen molar-refractivity contribution in [3.63, 3.8) is 0 Å². The van der Waals surface area contributed by atoms with Crippen LogP contribution in [-0.2, 0) is 16.0 Å². The summed E-state index contributed by atoms with van der Waals surface area (Å²) in [6, 6.07) is 1.89. The minimum Gasteiger partial charge on any atom is -0.481 e. The first-order chi connectivity index (χ1) is 9.88. The molecule has 0 saturated heterocycles. The Hall–Kier alpha value is -2.09. The molecule has 0 radical (unpaired) electrons. The lowest BCUT2D eigenvalue weighted by atomic mass is 10.1. The highest BCUT2D eigenvalue weighted by Gasteiger charge is 2.21. The molecule has 1 aromatic rings. The average Bonchev–Trinajstić information content (AvgIpc) is 2.86. The average molecular weight is 314 g/mol. The number of hydrogen-bond donors (Lipinski definition) is 4. The molecule has 0 spiro atoms. The molecular weight excluding hydrogens is 296 g/mol. The Morgan fingerprint density at radius 2 is 2.00 bits per heavy atom. The van der Waals surface area contributed by atoms with Crippen LogP contribution in [-0.4, -0.2) is 40.3 Å². The van der Waals surface area contributed by atoms with Gasteiger partial charge in [0.1, 0.15) is 6.04 Å². The van der Waals surface area contributed by atoms with Crippen molar-refractivity contribution in [1.82, 2.24) is 10.6 Å². The molecule has 0 bridgehead atoms. The van der Waals surface area contributed by atoms with Crippen LogP contribution in [0.4, 0.5) is 4.79 Å². The molecule has 0 aromatic carbocycles. The number of thiophene rings is 1. The number of carbonyl (C=O) groups excluding carboxylic acids is 1. The standard InChI is InChI=1S/C13H18N2O5S/c1-8(7-9-3-2-6-21-9)14-13(20)15-10(12(18)19)4-5-11(16)17/h2-3,6,8,10H,4-5,7H2,1H3,(H,16,17)(H,18,19)(H2,14,15,20)/t8?,10-/m0/s1. The summed E-state index contributed by atoms with van der Waals surface area (Å²) in [7, 11) is 0. The molecule has 0 aliphatic heterocycles. The highest BCUT2D eigenvalue weighted by Crippen LogP contribution is 2.10. The van der Waals surface area contributed by atoms with E-state index in [4.69, 9.17) is 10.2 Å². The molecule has 1 heterocycles. The minimum atomic E-state index is -1.25. The fraction of sp³-hybridized carbons (Fsp3) is 0.462. The number of amides is 2. The van der Waals surface area contributed by atoms with E-state index >= 15 is 0 Å². The van der Waals surface area contributed by atoms with Crippen molar-refractivity contribution in [2.45, 2.75) is 38.3 Å². The van der Waals surface area contributed by atoms with Crippen molar-refractivity contribution in [3.8, 4) is 0 Å². The monoisotopic (exact) mass is 314 g/mol.